The number of benzene rings is 1. The molecule has 1 aromatic heterocycles. The molecule has 0 aliphatic carbocycles. The molecule has 3 rings (SSSR count). The van der Waals surface area contributed by atoms with E-state index < -0.39 is 35.3 Å². The van der Waals surface area contributed by atoms with E-state index in [9.17, 15) is 23.2 Å². The van der Waals surface area contributed by atoms with Gasteiger partial charge in [-0.05, 0) is 25.0 Å². The van der Waals surface area contributed by atoms with Crippen molar-refractivity contribution in [3.05, 3.63) is 68.0 Å². The maximum absolute atomic E-state index is 13.6. The first-order chi connectivity index (χ1) is 12.5. The Balaban J connectivity index is 1.79. The van der Waals surface area contributed by atoms with Crippen LogP contribution in [0.2, 0.25) is 0 Å². The number of carbonyl (C=O) groups excluding carboxylic acids is 1. The van der Waals surface area contributed by atoms with Gasteiger partial charge in [-0.15, -0.1) is 0 Å². The average molecular weight is 365 g/mol. The molecular weight excluding hydrogens is 348 g/mol. The molecule has 1 unspecified atom stereocenters. The molecule has 0 radical (unpaired) electrons. The molecule has 9 heteroatoms. The molecule has 2 aromatic rings. The van der Waals surface area contributed by atoms with Crippen LogP contribution in [0, 0.1) is 11.6 Å². The van der Waals surface area contributed by atoms with Gasteiger partial charge in [0.15, 0.2) is 0 Å². The standard InChI is InChI=1S/C17H17F2N3O4/c18-13-4-1-5-14(19)11(13)7-20-15(23)12-8-21-17(25)22(16(12)24)9-10-3-2-6-26-10/h1,4-5,8,10H,2-3,6-7,9H2,(H,20,23)(H,21,25). The van der Waals surface area contributed by atoms with Crippen LogP contribution in [0.5, 0.6) is 0 Å². The second kappa shape index (κ2) is 7.61. The fraction of sp³-hybridized carbons (Fsp3) is 0.353. The smallest absolute Gasteiger partial charge is 0.328 e. The predicted octanol–water partition coefficient (Wildman–Crippen LogP) is 0.924. The van der Waals surface area contributed by atoms with Crippen LogP contribution >= 0.6 is 0 Å². The molecule has 2 heterocycles. The lowest BCUT2D eigenvalue weighted by Crippen LogP contribution is -2.42. The highest BCUT2D eigenvalue weighted by atomic mass is 19.1. The third-order valence-electron chi connectivity index (χ3n) is 4.20. The number of aromatic amines is 1. The monoisotopic (exact) mass is 365 g/mol. The summed E-state index contributed by atoms with van der Waals surface area (Å²) in [6.07, 6.45) is 2.28. The number of halogens is 2. The maximum atomic E-state index is 13.6. The number of amides is 1. The largest absolute Gasteiger partial charge is 0.376 e. The second-order valence-electron chi connectivity index (χ2n) is 5.94. The molecule has 26 heavy (non-hydrogen) atoms. The van der Waals surface area contributed by atoms with Crippen molar-refractivity contribution in [3.63, 3.8) is 0 Å². The minimum atomic E-state index is -0.838. The number of nitrogens with one attached hydrogen (secondary N) is 2. The zero-order valence-corrected chi connectivity index (χ0v) is 13.8. The Bertz CT molecular complexity index is 912. The Morgan fingerprint density at radius 3 is 2.69 bits per heavy atom. The van der Waals surface area contributed by atoms with E-state index in [1.165, 1.54) is 6.07 Å². The molecule has 0 spiro atoms. The first-order valence-corrected chi connectivity index (χ1v) is 8.12. The number of carbonyl (C=O) groups is 1. The fourth-order valence-corrected chi connectivity index (χ4v) is 2.80. The predicted molar refractivity (Wildman–Crippen MR) is 87.8 cm³/mol. The minimum absolute atomic E-state index is 0.0389. The summed E-state index contributed by atoms with van der Waals surface area (Å²) in [7, 11) is 0. The highest BCUT2D eigenvalue weighted by Gasteiger charge is 2.21. The van der Waals surface area contributed by atoms with Gasteiger partial charge in [-0.2, -0.15) is 0 Å². The van der Waals surface area contributed by atoms with Crippen molar-refractivity contribution in [3.8, 4) is 0 Å². The van der Waals surface area contributed by atoms with Crippen LogP contribution in [0.25, 0.3) is 0 Å². The van der Waals surface area contributed by atoms with E-state index in [1.807, 2.05) is 0 Å². The Kier molecular flexibility index (Phi) is 5.27. The molecule has 1 atom stereocenters. The number of nitrogens with zero attached hydrogens (tertiary/aromatic N) is 1. The molecule has 2 N–H and O–H groups in total. The Labute approximate surface area is 146 Å². The average Bonchev–Trinajstić information content (AvgIpc) is 3.11. The van der Waals surface area contributed by atoms with Crippen LogP contribution in [-0.4, -0.2) is 28.2 Å². The van der Waals surface area contributed by atoms with E-state index in [0.717, 1.165) is 35.7 Å². The third-order valence-corrected chi connectivity index (χ3v) is 4.20. The van der Waals surface area contributed by atoms with Crippen molar-refractivity contribution in [1.29, 1.82) is 0 Å². The van der Waals surface area contributed by atoms with Crippen LogP contribution in [-0.2, 0) is 17.8 Å². The summed E-state index contributed by atoms with van der Waals surface area (Å²) in [6, 6.07) is 3.35. The summed E-state index contributed by atoms with van der Waals surface area (Å²) in [4.78, 5) is 38.9. The molecule has 1 saturated heterocycles. The van der Waals surface area contributed by atoms with Gasteiger partial charge in [-0.25, -0.2) is 13.6 Å². The van der Waals surface area contributed by atoms with Crippen LogP contribution in [0.1, 0.15) is 28.8 Å². The maximum Gasteiger partial charge on any atom is 0.328 e. The van der Waals surface area contributed by atoms with Gasteiger partial charge < -0.3 is 15.0 Å². The first kappa shape index (κ1) is 18.0. The van der Waals surface area contributed by atoms with E-state index in [-0.39, 0.29) is 23.8 Å². The quantitative estimate of drug-likeness (QED) is 0.824. The van der Waals surface area contributed by atoms with Crippen LogP contribution < -0.4 is 16.6 Å². The summed E-state index contributed by atoms with van der Waals surface area (Å²) in [5.41, 5.74) is -2.07. The molecule has 1 amide bonds. The Morgan fingerprint density at radius 2 is 2.04 bits per heavy atom. The Morgan fingerprint density at radius 1 is 1.31 bits per heavy atom. The van der Waals surface area contributed by atoms with Gasteiger partial charge in [0.25, 0.3) is 11.5 Å². The van der Waals surface area contributed by atoms with Gasteiger partial charge >= 0.3 is 5.69 Å². The summed E-state index contributed by atoms with van der Waals surface area (Å²) in [5, 5.41) is 2.29. The van der Waals surface area contributed by atoms with E-state index in [1.54, 1.807) is 0 Å². The first-order valence-electron chi connectivity index (χ1n) is 8.12. The SMILES string of the molecule is O=C(NCc1c(F)cccc1F)c1c[nH]c(=O)n(CC2CCCO2)c1=O. The topological polar surface area (TPSA) is 93.2 Å². The van der Waals surface area contributed by atoms with Crippen molar-refractivity contribution in [2.24, 2.45) is 0 Å². The van der Waals surface area contributed by atoms with Crippen molar-refractivity contribution in [2.75, 3.05) is 6.61 Å². The number of hydrogen-bond acceptors (Lipinski definition) is 4. The van der Waals surface area contributed by atoms with Gasteiger partial charge in [0, 0.05) is 24.9 Å². The van der Waals surface area contributed by atoms with E-state index in [2.05, 4.69) is 10.3 Å². The van der Waals surface area contributed by atoms with Crippen molar-refractivity contribution in [1.82, 2.24) is 14.9 Å². The Hall–Kier alpha value is -2.81. The highest BCUT2D eigenvalue weighted by Crippen LogP contribution is 2.13. The van der Waals surface area contributed by atoms with Gasteiger partial charge in [-0.1, -0.05) is 6.07 Å². The van der Waals surface area contributed by atoms with Gasteiger partial charge in [0.1, 0.15) is 17.2 Å². The van der Waals surface area contributed by atoms with E-state index in [0.29, 0.717) is 6.61 Å². The summed E-state index contributed by atoms with van der Waals surface area (Å²) >= 11 is 0. The summed E-state index contributed by atoms with van der Waals surface area (Å²) < 4.78 is 33.5. The molecule has 0 bridgehead atoms. The zero-order chi connectivity index (χ0) is 18.7. The van der Waals surface area contributed by atoms with Gasteiger partial charge in [0.05, 0.1) is 12.6 Å². The van der Waals surface area contributed by atoms with Crippen LogP contribution in [0.15, 0.2) is 34.0 Å². The van der Waals surface area contributed by atoms with Crippen molar-refractivity contribution >= 4 is 5.91 Å². The third kappa shape index (κ3) is 3.72. The molecular formula is C17H17F2N3O4. The molecule has 1 fully saturated rings. The number of rotatable bonds is 5. The van der Waals surface area contributed by atoms with Gasteiger partial charge in [-0.3, -0.25) is 14.2 Å². The number of ether oxygens (including phenoxy) is 1. The molecule has 0 saturated carbocycles. The van der Waals surface area contributed by atoms with Gasteiger partial charge in [0.2, 0.25) is 0 Å². The lowest BCUT2D eigenvalue weighted by molar-refractivity contribution is 0.0921. The number of H-pyrrole nitrogens is 1. The highest BCUT2D eigenvalue weighted by molar-refractivity contribution is 5.93. The molecule has 138 valence electrons. The van der Waals surface area contributed by atoms with E-state index >= 15 is 0 Å². The molecule has 1 aliphatic heterocycles. The van der Waals surface area contributed by atoms with Crippen LogP contribution in [0.3, 0.4) is 0 Å². The molecule has 7 nitrogen and oxygen atoms in total. The van der Waals surface area contributed by atoms with Crippen molar-refractivity contribution < 1.29 is 18.3 Å². The normalized spacial score (nSPS) is 16.6. The zero-order valence-electron chi connectivity index (χ0n) is 13.8. The van der Waals surface area contributed by atoms with E-state index in [4.69, 9.17) is 4.74 Å². The molecule has 1 aromatic carbocycles. The van der Waals surface area contributed by atoms with Crippen molar-refractivity contribution in [2.45, 2.75) is 32.0 Å². The lowest BCUT2D eigenvalue weighted by atomic mass is 10.2. The number of hydrogen-bond donors (Lipinski definition) is 2. The summed E-state index contributed by atoms with van der Waals surface area (Å²) in [5.74, 6) is -2.44. The van der Waals surface area contributed by atoms with Crippen LogP contribution in [0.4, 0.5) is 8.78 Å². The summed E-state index contributed by atoms with van der Waals surface area (Å²) in [6.45, 7) is 0.171. The lowest BCUT2D eigenvalue weighted by Gasteiger charge is -2.12. The molecule has 1 aliphatic rings. The minimum Gasteiger partial charge on any atom is -0.376 e. The number of aromatic nitrogens is 2. The fourth-order valence-electron chi connectivity index (χ4n) is 2.80. The second-order valence-corrected chi connectivity index (χ2v) is 5.94.